The first-order chi connectivity index (χ1) is 14.5. The topological polar surface area (TPSA) is 75.4 Å². The average Bonchev–Trinajstić information content (AvgIpc) is 3.52. The van der Waals surface area contributed by atoms with Crippen LogP contribution < -0.4 is 0 Å². The lowest BCUT2D eigenvalue weighted by Crippen LogP contribution is -2.43. The van der Waals surface area contributed by atoms with Crippen molar-refractivity contribution in [3.8, 4) is 0 Å². The number of carboxylic acids is 1. The molecule has 3 heterocycles. The van der Waals surface area contributed by atoms with Gasteiger partial charge in [-0.15, -0.1) is 0 Å². The summed E-state index contributed by atoms with van der Waals surface area (Å²) in [7, 11) is 1.92. The number of rotatable bonds is 5. The SMILES string of the molecule is CN(C(=O)C1CC1c1ccncc1)[C@@H]1CCc2c(CC(=O)O)c3ccccc3n2C1. The summed E-state index contributed by atoms with van der Waals surface area (Å²) in [6, 6.07) is 12.1. The van der Waals surface area contributed by atoms with E-state index in [-0.39, 0.29) is 24.3 Å². The number of aliphatic carboxylic acids is 1. The normalized spacial score (nSPS) is 22.5. The highest BCUT2D eigenvalue weighted by Crippen LogP contribution is 2.48. The number of aromatic nitrogens is 2. The Morgan fingerprint density at radius 3 is 2.73 bits per heavy atom. The predicted octanol–water partition coefficient (Wildman–Crippen LogP) is 3.24. The minimum atomic E-state index is -0.806. The van der Waals surface area contributed by atoms with Crippen molar-refractivity contribution in [1.82, 2.24) is 14.5 Å². The van der Waals surface area contributed by atoms with Crippen LogP contribution in [0, 0.1) is 5.92 Å². The van der Waals surface area contributed by atoms with Gasteiger partial charge in [0, 0.05) is 54.5 Å². The van der Waals surface area contributed by atoms with Crippen LogP contribution in [0.5, 0.6) is 0 Å². The van der Waals surface area contributed by atoms with Crippen molar-refractivity contribution in [1.29, 1.82) is 0 Å². The fourth-order valence-corrected chi connectivity index (χ4v) is 5.08. The molecule has 1 aliphatic heterocycles. The number of carbonyl (C=O) groups excluding carboxylic acids is 1. The molecule has 0 bridgehead atoms. The first-order valence-corrected chi connectivity index (χ1v) is 10.5. The lowest BCUT2D eigenvalue weighted by molar-refractivity contribution is -0.136. The molecule has 1 fully saturated rings. The van der Waals surface area contributed by atoms with Gasteiger partial charge in [-0.25, -0.2) is 0 Å². The zero-order chi connectivity index (χ0) is 20.8. The number of pyridine rings is 1. The maximum Gasteiger partial charge on any atom is 0.307 e. The van der Waals surface area contributed by atoms with Gasteiger partial charge < -0.3 is 14.6 Å². The quantitative estimate of drug-likeness (QED) is 0.710. The zero-order valence-electron chi connectivity index (χ0n) is 17.0. The molecule has 0 saturated heterocycles. The van der Waals surface area contributed by atoms with Gasteiger partial charge in [0.15, 0.2) is 0 Å². The highest BCUT2D eigenvalue weighted by molar-refractivity contribution is 5.89. The van der Waals surface area contributed by atoms with Crippen molar-refractivity contribution in [2.45, 2.75) is 44.2 Å². The number of fused-ring (bicyclic) bond motifs is 3. The van der Waals surface area contributed by atoms with Crippen LogP contribution in [0.3, 0.4) is 0 Å². The van der Waals surface area contributed by atoms with E-state index in [9.17, 15) is 14.7 Å². The lowest BCUT2D eigenvalue weighted by Gasteiger charge is -2.33. The monoisotopic (exact) mass is 403 g/mol. The molecule has 2 aliphatic rings. The van der Waals surface area contributed by atoms with Crippen molar-refractivity contribution >= 4 is 22.8 Å². The Bertz CT molecular complexity index is 1120. The van der Waals surface area contributed by atoms with Gasteiger partial charge in [-0.1, -0.05) is 18.2 Å². The van der Waals surface area contributed by atoms with Crippen LogP contribution in [0.15, 0.2) is 48.8 Å². The van der Waals surface area contributed by atoms with E-state index in [4.69, 9.17) is 0 Å². The van der Waals surface area contributed by atoms with Crippen molar-refractivity contribution < 1.29 is 14.7 Å². The van der Waals surface area contributed by atoms with Gasteiger partial charge in [-0.2, -0.15) is 0 Å². The van der Waals surface area contributed by atoms with Gasteiger partial charge in [-0.05, 0) is 54.5 Å². The molecule has 6 heteroatoms. The molecule has 1 amide bonds. The minimum Gasteiger partial charge on any atom is -0.481 e. The number of hydrogen-bond donors (Lipinski definition) is 1. The second kappa shape index (κ2) is 7.27. The van der Waals surface area contributed by atoms with Crippen molar-refractivity contribution in [2.24, 2.45) is 5.92 Å². The molecule has 6 nitrogen and oxygen atoms in total. The fraction of sp³-hybridized carbons (Fsp3) is 0.375. The van der Waals surface area contributed by atoms with E-state index < -0.39 is 5.97 Å². The van der Waals surface area contributed by atoms with Gasteiger partial charge in [0.05, 0.1) is 6.42 Å². The van der Waals surface area contributed by atoms with E-state index in [2.05, 4.69) is 15.6 Å². The largest absolute Gasteiger partial charge is 0.481 e. The van der Waals surface area contributed by atoms with E-state index >= 15 is 0 Å². The fourth-order valence-electron chi connectivity index (χ4n) is 5.08. The molecule has 1 saturated carbocycles. The first kappa shape index (κ1) is 18.9. The average molecular weight is 403 g/mol. The predicted molar refractivity (Wildman–Crippen MR) is 113 cm³/mol. The maximum absolute atomic E-state index is 13.1. The van der Waals surface area contributed by atoms with Crippen LogP contribution in [0.4, 0.5) is 0 Å². The Hall–Kier alpha value is -3.15. The number of para-hydroxylation sites is 1. The Balaban J connectivity index is 1.37. The Labute approximate surface area is 175 Å². The van der Waals surface area contributed by atoms with Gasteiger partial charge in [0.25, 0.3) is 0 Å². The molecule has 5 rings (SSSR count). The second-order valence-electron chi connectivity index (χ2n) is 8.49. The smallest absolute Gasteiger partial charge is 0.307 e. The summed E-state index contributed by atoms with van der Waals surface area (Å²) in [6.45, 7) is 0.713. The third-order valence-corrected chi connectivity index (χ3v) is 6.77. The maximum atomic E-state index is 13.1. The molecular formula is C24H25N3O3. The Morgan fingerprint density at radius 2 is 1.97 bits per heavy atom. The summed E-state index contributed by atoms with van der Waals surface area (Å²) in [5.74, 6) is -0.230. The highest BCUT2D eigenvalue weighted by atomic mass is 16.4. The lowest BCUT2D eigenvalue weighted by atomic mass is 9.99. The van der Waals surface area contributed by atoms with Crippen LogP contribution in [0.2, 0.25) is 0 Å². The van der Waals surface area contributed by atoms with Crippen molar-refractivity contribution in [3.05, 3.63) is 65.6 Å². The number of hydrogen-bond acceptors (Lipinski definition) is 3. The van der Waals surface area contributed by atoms with Crippen LogP contribution in [-0.2, 0) is 29.0 Å². The summed E-state index contributed by atoms with van der Waals surface area (Å²) in [5, 5.41) is 10.4. The van der Waals surface area contributed by atoms with E-state index in [1.807, 2.05) is 42.3 Å². The molecule has 2 unspecified atom stereocenters. The second-order valence-corrected chi connectivity index (χ2v) is 8.49. The first-order valence-electron chi connectivity index (χ1n) is 10.5. The summed E-state index contributed by atoms with van der Waals surface area (Å²) < 4.78 is 2.23. The van der Waals surface area contributed by atoms with Crippen molar-refractivity contribution in [2.75, 3.05) is 7.05 Å². The van der Waals surface area contributed by atoms with E-state index in [0.717, 1.165) is 41.4 Å². The molecule has 0 radical (unpaired) electrons. The third-order valence-electron chi connectivity index (χ3n) is 6.77. The Morgan fingerprint density at radius 1 is 1.20 bits per heavy atom. The summed E-state index contributed by atoms with van der Waals surface area (Å²) >= 11 is 0. The van der Waals surface area contributed by atoms with Crippen LogP contribution in [-0.4, -0.2) is 44.5 Å². The van der Waals surface area contributed by atoms with Crippen LogP contribution in [0.1, 0.15) is 35.6 Å². The molecule has 2 aromatic heterocycles. The molecule has 30 heavy (non-hydrogen) atoms. The summed E-state index contributed by atoms with van der Waals surface area (Å²) in [4.78, 5) is 30.6. The molecule has 1 N–H and O–H groups in total. The summed E-state index contributed by atoms with van der Waals surface area (Å²) in [5.41, 5.74) is 4.29. The Kier molecular flexibility index (Phi) is 4.57. The number of nitrogens with zero attached hydrogens (tertiary/aromatic N) is 3. The standard InChI is InChI=1S/C24H25N3O3/c1-26(24(30)20-12-18(20)15-8-10-25-11-9-15)16-6-7-22-19(13-23(28)29)17-4-2-3-5-21(17)27(22)14-16/h2-5,8-11,16,18,20H,6-7,12-14H2,1H3,(H,28,29)/t16-,18?,20?/m1/s1. The van der Waals surface area contributed by atoms with Crippen LogP contribution >= 0.6 is 0 Å². The molecule has 1 aromatic carbocycles. The molecule has 1 aliphatic carbocycles. The number of benzene rings is 1. The molecule has 154 valence electrons. The molecule has 3 atom stereocenters. The number of carbonyl (C=O) groups is 2. The van der Waals surface area contributed by atoms with Gasteiger partial charge in [-0.3, -0.25) is 14.6 Å². The third kappa shape index (κ3) is 3.16. The van der Waals surface area contributed by atoms with Crippen LogP contribution in [0.25, 0.3) is 10.9 Å². The number of carboxylic acid groups (broad SMARTS) is 1. The van der Waals surface area contributed by atoms with Crippen molar-refractivity contribution in [3.63, 3.8) is 0 Å². The number of likely N-dealkylation sites (N-methyl/N-ethyl adjacent to an activating group) is 1. The minimum absolute atomic E-state index is 0.0397. The van der Waals surface area contributed by atoms with E-state index in [0.29, 0.717) is 12.5 Å². The summed E-state index contributed by atoms with van der Waals surface area (Å²) in [6.07, 6.45) is 6.16. The van der Waals surface area contributed by atoms with E-state index in [1.165, 1.54) is 5.56 Å². The molecule has 0 spiro atoms. The van der Waals surface area contributed by atoms with Gasteiger partial charge in [0.1, 0.15) is 0 Å². The number of amides is 1. The highest BCUT2D eigenvalue weighted by Gasteiger charge is 2.46. The van der Waals surface area contributed by atoms with Gasteiger partial charge in [0.2, 0.25) is 5.91 Å². The van der Waals surface area contributed by atoms with Gasteiger partial charge >= 0.3 is 5.97 Å². The zero-order valence-corrected chi connectivity index (χ0v) is 17.0. The molecular weight excluding hydrogens is 378 g/mol. The molecule has 3 aromatic rings. The van der Waals surface area contributed by atoms with E-state index in [1.54, 1.807) is 12.4 Å².